The average molecular weight is 397 g/mol. The van der Waals surface area contributed by atoms with Gasteiger partial charge in [-0.05, 0) is 24.7 Å². The number of amides is 1. The Kier molecular flexibility index (Phi) is 7.82. The van der Waals surface area contributed by atoms with Gasteiger partial charge in [0.2, 0.25) is 0 Å². The van der Waals surface area contributed by atoms with Crippen LogP contribution in [0.1, 0.15) is 16.1 Å². The third-order valence-electron chi connectivity index (χ3n) is 4.63. The number of likely N-dealkylation sites (N-methyl/N-ethyl adjacent to an activating group) is 1. The normalized spacial score (nSPS) is 24.6. The topological polar surface area (TPSA) is 95.2 Å². The van der Waals surface area contributed by atoms with E-state index in [1.807, 2.05) is 42.3 Å². The molecule has 3 rings (SSSR count). The maximum atomic E-state index is 12.1. The zero-order valence-electron chi connectivity index (χ0n) is 15.0. The van der Waals surface area contributed by atoms with Crippen LogP contribution in [-0.4, -0.2) is 65.6 Å². The van der Waals surface area contributed by atoms with Crippen molar-refractivity contribution in [3.05, 3.63) is 60.1 Å². The molecule has 3 N–H and O–H groups in total. The number of hydrogen-bond acceptors (Lipinski definition) is 6. The second-order valence-corrected chi connectivity index (χ2v) is 6.46. The SMILES string of the molecule is CN(Cc1ccccc1)[C@@H]1[C@H](O)[C@H](CO)O[C@@H]1CNC(=O)c1ccco1.Cl. The van der Waals surface area contributed by atoms with E-state index in [-0.39, 0.29) is 43.3 Å². The van der Waals surface area contributed by atoms with Gasteiger partial charge < -0.3 is 24.7 Å². The number of hydrogen-bond donors (Lipinski definition) is 3. The van der Waals surface area contributed by atoms with E-state index in [1.165, 1.54) is 6.26 Å². The van der Waals surface area contributed by atoms with Gasteiger partial charge >= 0.3 is 0 Å². The number of carbonyl (C=O) groups excluding carboxylic acids is 1. The van der Waals surface area contributed by atoms with Gasteiger partial charge in [-0.2, -0.15) is 0 Å². The van der Waals surface area contributed by atoms with Crippen LogP contribution in [0.15, 0.2) is 53.1 Å². The second-order valence-electron chi connectivity index (χ2n) is 6.46. The highest BCUT2D eigenvalue weighted by molar-refractivity contribution is 5.91. The van der Waals surface area contributed by atoms with Crippen LogP contribution in [0.25, 0.3) is 0 Å². The summed E-state index contributed by atoms with van der Waals surface area (Å²) in [6, 6.07) is 12.8. The lowest BCUT2D eigenvalue weighted by molar-refractivity contribution is -0.0209. The lowest BCUT2D eigenvalue weighted by atomic mass is 10.0. The molecule has 7 nitrogen and oxygen atoms in total. The molecule has 8 heteroatoms. The minimum atomic E-state index is -0.848. The number of carbonyl (C=O) groups is 1. The number of halogens is 1. The number of aliphatic hydroxyl groups is 2. The molecule has 27 heavy (non-hydrogen) atoms. The Morgan fingerprint density at radius 2 is 1.93 bits per heavy atom. The fourth-order valence-corrected chi connectivity index (χ4v) is 3.35. The Morgan fingerprint density at radius 3 is 2.56 bits per heavy atom. The first-order valence-electron chi connectivity index (χ1n) is 8.60. The standard InChI is InChI=1S/C19H24N2O5.ClH/c1-21(11-13-6-3-2-4-7-13)17-15(26-16(12-22)18(17)23)10-20-19(24)14-8-5-9-25-14;/h2-9,15-18,22-23H,10-12H2,1H3,(H,20,24);1H/t15-,16+,17+,18-;/m1./s1. The molecule has 2 heterocycles. The van der Waals surface area contributed by atoms with Gasteiger partial charge in [0, 0.05) is 13.1 Å². The van der Waals surface area contributed by atoms with Crippen LogP contribution in [0.5, 0.6) is 0 Å². The van der Waals surface area contributed by atoms with E-state index in [0.717, 1.165) is 5.56 Å². The van der Waals surface area contributed by atoms with Crippen molar-refractivity contribution in [3.8, 4) is 0 Å². The fourth-order valence-electron chi connectivity index (χ4n) is 3.35. The van der Waals surface area contributed by atoms with Crippen molar-refractivity contribution in [2.75, 3.05) is 20.2 Å². The number of rotatable bonds is 7. The van der Waals surface area contributed by atoms with Gasteiger partial charge in [-0.3, -0.25) is 9.69 Å². The quantitative estimate of drug-likeness (QED) is 0.647. The van der Waals surface area contributed by atoms with Crippen LogP contribution in [0.3, 0.4) is 0 Å². The highest BCUT2D eigenvalue weighted by atomic mass is 35.5. The summed E-state index contributed by atoms with van der Waals surface area (Å²) in [4.78, 5) is 14.1. The lowest BCUT2D eigenvalue weighted by Gasteiger charge is -2.30. The van der Waals surface area contributed by atoms with Crippen molar-refractivity contribution in [3.63, 3.8) is 0 Å². The van der Waals surface area contributed by atoms with Gasteiger partial charge in [0.1, 0.15) is 12.2 Å². The molecule has 1 amide bonds. The molecule has 0 unspecified atom stereocenters. The van der Waals surface area contributed by atoms with Crippen molar-refractivity contribution in [2.45, 2.75) is 30.9 Å². The molecular weight excluding hydrogens is 372 g/mol. The number of ether oxygens (including phenoxy) is 1. The molecule has 1 aliphatic heterocycles. The molecule has 1 aromatic carbocycles. The Morgan fingerprint density at radius 1 is 1.19 bits per heavy atom. The van der Waals surface area contributed by atoms with Gasteiger partial charge in [0.25, 0.3) is 5.91 Å². The van der Waals surface area contributed by atoms with E-state index >= 15 is 0 Å². The van der Waals surface area contributed by atoms with E-state index in [1.54, 1.807) is 12.1 Å². The van der Waals surface area contributed by atoms with E-state index in [0.29, 0.717) is 6.54 Å². The molecule has 0 saturated carbocycles. The molecule has 1 aromatic heterocycles. The highest BCUT2D eigenvalue weighted by Crippen LogP contribution is 2.26. The maximum Gasteiger partial charge on any atom is 0.287 e. The Labute approximate surface area is 164 Å². The van der Waals surface area contributed by atoms with Crippen LogP contribution >= 0.6 is 12.4 Å². The predicted octanol–water partition coefficient (Wildman–Crippen LogP) is 1.05. The molecule has 1 aliphatic rings. The highest BCUT2D eigenvalue weighted by Gasteiger charge is 2.45. The zero-order valence-corrected chi connectivity index (χ0v) is 15.8. The lowest BCUT2D eigenvalue weighted by Crippen LogP contribution is -2.49. The van der Waals surface area contributed by atoms with Gasteiger partial charge in [0.15, 0.2) is 5.76 Å². The number of nitrogens with zero attached hydrogens (tertiary/aromatic N) is 1. The molecule has 0 aliphatic carbocycles. The molecule has 2 aromatic rings. The van der Waals surface area contributed by atoms with Gasteiger partial charge in [-0.25, -0.2) is 0 Å². The summed E-state index contributed by atoms with van der Waals surface area (Å²) in [6.07, 6.45) is -0.541. The van der Waals surface area contributed by atoms with Crippen LogP contribution in [0, 0.1) is 0 Å². The number of nitrogens with one attached hydrogen (secondary N) is 1. The first-order chi connectivity index (χ1) is 12.6. The van der Waals surface area contributed by atoms with Crippen molar-refractivity contribution in [1.82, 2.24) is 10.2 Å². The molecule has 0 spiro atoms. The number of benzene rings is 1. The molecule has 1 saturated heterocycles. The third kappa shape index (κ3) is 5.09. The molecule has 0 bridgehead atoms. The van der Waals surface area contributed by atoms with Crippen LogP contribution < -0.4 is 5.32 Å². The predicted molar refractivity (Wildman–Crippen MR) is 102 cm³/mol. The molecule has 0 radical (unpaired) electrons. The Balaban J connectivity index is 0.00000261. The summed E-state index contributed by atoms with van der Waals surface area (Å²) in [7, 11) is 1.89. The van der Waals surface area contributed by atoms with Crippen molar-refractivity contribution in [2.24, 2.45) is 0 Å². The Hall–Kier alpha value is -1.90. The van der Waals surface area contributed by atoms with Gasteiger partial charge in [-0.1, -0.05) is 30.3 Å². The van der Waals surface area contributed by atoms with Gasteiger partial charge in [0.05, 0.1) is 25.0 Å². The van der Waals surface area contributed by atoms with Crippen LogP contribution in [0.2, 0.25) is 0 Å². The largest absolute Gasteiger partial charge is 0.459 e. The summed E-state index contributed by atoms with van der Waals surface area (Å²) in [5, 5.41) is 22.8. The summed E-state index contributed by atoms with van der Waals surface area (Å²) in [5.41, 5.74) is 1.10. The van der Waals surface area contributed by atoms with Crippen molar-refractivity contribution >= 4 is 18.3 Å². The summed E-state index contributed by atoms with van der Waals surface area (Å²) in [5.74, 6) is -0.124. The monoisotopic (exact) mass is 396 g/mol. The van der Waals surface area contributed by atoms with E-state index in [9.17, 15) is 15.0 Å². The van der Waals surface area contributed by atoms with E-state index in [2.05, 4.69) is 5.32 Å². The molecule has 1 fully saturated rings. The second kappa shape index (κ2) is 9.87. The first kappa shape index (κ1) is 21.4. The first-order valence-corrected chi connectivity index (χ1v) is 8.60. The van der Waals surface area contributed by atoms with E-state index in [4.69, 9.17) is 9.15 Å². The van der Waals surface area contributed by atoms with Crippen molar-refractivity contribution < 1.29 is 24.2 Å². The molecular formula is C19H25ClN2O5. The van der Waals surface area contributed by atoms with Crippen molar-refractivity contribution in [1.29, 1.82) is 0 Å². The summed E-state index contributed by atoms with van der Waals surface area (Å²) in [6.45, 7) is 0.545. The Bertz CT molecular complexity index is 697. The summed E-state index contributed by atoms with van der Waals surface area (Å²) < 4.78 is 10.8. The minimum absolute atomic E-state index is 0. The number of furan rings is 1. The zero-order chi connectivity index (χ0) is 18.5. The molecule has 148 valence electrons. The maximum absolute atomic E-state index is 12.1. The smallest absolute Gasteiger partial charge is 0.287 e. The van der Waals surface area contributed by atoms with Crippen LogP contribution in [0.4, 0.5) is 0 Å². The minimum Gasteiger partial charge on any atom is -0.459 e. The summed E-state index contributed by atoms with van der Waals surface area (Å²) >= 11 is 0. The van der Waals surface area contributed by atoms with E-state index < -0.39 is 18.3 Å². The molecule has 4 atom stereocenters. The number of aliphatic hydroxyl groups excluding tert-OH is 2. The van der Waals surface area contributed by atoms with Gasteiger partial charge in [-0.15, -0.1) is 12.4 Å². The average Bonchev–Trinajstić information content (AvgIpc) is 3.28. The fraction of sp³-hybridized carbons (Fsp3) is 0.421. The van der Waals surface area contributed by atoms with Crippen LogP contribution in [-0.2, 0) is 11.3 Å². The third-order valence-corrected chi connectivity index (χ3v) is 4.63.